The van der Waals surface area contributed by atoms with Crippen LogP contribution in [0.15, 0.2) is 12.7 Å². The van der Waals surface area contributed by atoms with E-state index in [0.29, 0.717) is 5.91 Å². The van der Waals surface area contributed by atoms with Gasteiger partial charge in [0.15, 0.2) is 0 Å². The van der Waals surface area contributed by atoms with Crippen molar-refractivity contribution in [3.8, 4) is 0 Å². The van der Waals surface area contributed by atoms with E-state index in [1.165, 1.54) is 0 Å². The van der Waals surface area contributed by atoms with Gasteiger partial charge in [-0.05, 0) is 19.4 Å². The number of hydrogen-bond donors (Lipinski definition) is 1. The molecule has 1 atom stereocenters. The highest BCUT2D eigenvalue weighted by Gasteiger charge is 2.27. The van der Waals surface area contributed by atoms with Crippen molar-refractivity contribution in [2.24, 2.45) is 5.92 Å². The molecule has 0 spiro atoms. The maximum atomic E-state index is 12.3. The summed E-state index contributed by atoms with van der Waals surface area (Å²) in [6.45, 7) is 10.3. The fraction of sp³-hybridized carbons (Fsp3) is 0.769. The van der Waals surface area contributed by atoms with E-state index in [1.54, 1.807) is 0 Å². The maximum absolute atomic E-state index is 12.3. The second kappa shape index (κ2) is 6.17. The van der Waals surface area contributed by atoms with Gasteiger partial charge in [-0.2, -0.15) is 0 Å². The lowest BCUT2D eigenvalue weighted by molar-refractivity contribution is -0.137. The molecule has 0 saturated carbocycles. The molecule has 96 valence electrons. The molecule has 0 aromatic heterocycles. The molecule has 1 N–H and O–H groups in total. The van der Waals surface area contributed by atoms with Gasteiger partial charge in [0.2, 0.25) is 5.91 Å². The Morgan fingerprint density at radius 3 is 2.71 bits per heavy atom. The largest absolute Gasteiger partial charge is 0.340 e. The van der Waals surface area contributed by atoms with E-state index >= 15 is 0 Å². The summed E-state index contributed by atoms with van der Waals surface area (Å²) in [7, 11) is 0. The monoisotopic (exact) mass is 237 g/mol. The highest BCUT2D eigenvalue weighted by molar-refractivity contribution is 5.79. The average molecular weight is 237 g/mol. The highest BCUT2D eigenvalue weighted by atomic mass is 16.2. The topological polar surface area (TPSA) is 35.6 Å². The first kappa shape index (κ1) is 12.6. The lowest BCUT2D eigenvalue weighted by Crippen LogP contribution is -2.52. The van der Waals surface area contributed by atoms with E-state index in [4.69, 9.17) is 0 Å². The first-order valence-electron chi connectivity index (χ1n) is 6.64. The molecule has 0 radical (unpaired) electrons. The fourth-order valence-electron chi connectivity index (χ4n) is 2.65. The van der Waals surface area contributed by atoms with E-state index in [9.17, 15) is 4.79 Å². The number of nitrogens with one attached hydrogen (secondary N) is 1. The third-order valence-corrected chi connectivity index (χ3v) is 3.72. The van der Waals surface area contributed by atoms with Crippen LogP contribution in [0.3, 0.4) is 0 Å². The first-order chi connectivity index (χ1) is 8.31. The van der Waals surface area contributed by atoms with Crippen molar-refractivity contribution < 1.29 is 4.79 Å². The smallest absolute Gasteiger partial charge is 0.227 e. The van der Waals surface area contributed by atoms with Gasteiger partial charge in [-0.1, -0.05) is 6.08 Å². The van der Waals surface area contributed by atoms with Gasteiger partial charge in [0.1, 0.15) is 0 Å². The molecule has 2 aliphatic rings. The van der Waals surface area contributed by atoms with E-state index in [-0.39, 0.29) is 5.92 Å². The number of carbonyl (C=O) groups is 1. The second-order valence-corrected chi connectivity index (χ2v) is 4.96. The van der Waals surface area contributed by atoms with Crippen LogP contribution in [0.4, 0.5) is 0 Å². The quantitative estimate of drug-likeness (QED) is 0.718. The molecule has 2 heterocycles. The van der Waals surface area contributed by atoms with Crippen molar-refractivity contribution in [3.05, 3.63) is 12.7 Å². The van der Waals surface area contributed by atoms with Crippen molar-refractivity contribution in [2.45, 2.75) is 12.8 Å². The summed E-state index contributed by atoms with van der Waals surface area (Å²) in [6, 6.07) is 0. The summed E-state index contributed by atoms with van der Waals surface area (Å²) in [5.74, 6) is 0.574. The number of carbonyl (C=O) groups excluding carboxylic acids is 1. The van der Waals surface area contributed by atoms with Crippen molar-refractivity contribution in [1.29, 1.82) is 0 Å². The van der Waals surface area contributed by atoms with Gasteiger partial charge in [-0.3, -0.25) is 9.69 Å². The van der Waals surface area contributed by atoms with Crippen molar-refractivity contribution >= 4 is 5.91 Å². The van der Waals surface area contributed by atoms with E-state index in [2.05, 4.69) is 16.8 Å². The molecule has 0 aliphatic carbocycles. The van der Waals surface area contributed by atoms with Gasteiger partial charge in [0.05, 0.1) is 5.92 Å². The summed E-state index contributed by atoms with van der Waals surface area (Å²) in [4.78, 5) is 16.6. The predicted octanol–water partition coefficient (Wildman–Crippen LogP) is 0.316. The van der Waals surface area contributed by atoms with Crippen molar-refractivity contribution in [3.63, 3.8) is 0 Å². The van der Waals surface area contributed by atoms with Crippen LogP contribution in [-0.2, 0) is 4.79 Å². The molecule has 2 aliphatic heterocycles. The molecule has 2 fully saturated rings. The SMILES string of the molecule is C=CCN1CCN(C(=O)[C@H]2CCCNC2)CC1. The van der Waals surface area contributed by atoms with Crippen LogP contribution < -0.4 is 5.32 Å². The van der Waals surface area contributed by atoms with Crippen LogP contribution in [0.5, 0.6) is 0 Å². The molecular formula is C13H23N3O. The van der Waals surface area contributed by atoms with E-state index in [1.807, 2.05) is 11.0 Å². The Balaban J connectivity index is 1.79. The Labute approximate surface area is 104 Å². The molecule has 4 heteroatoms. The normalized spacial score (nSPS) is 26.8. The zero-order valence-corrected chi connectivity index (χ0v) is 10.5. The van der Waals surface area contributed by atoms with Gasteiger partial charge in [0, 0.05) is 39.3 Å². The van der Waals surface area contributed by atoms with Gasteiger partial charge in [-0.15, -0.1) is 6.58 Å². The minimum absolute atomic E-state index is 0.217. The molecule has 0 aromatic carbocycles. The number of rotatable bonds is 3. The summed E-state index contributed by atoms with van der Waals surface area (Å²) in [6.07, 6.45) is 4.12. The molecular weight excluding hydrogens is 214 g/mol. The zero-order chi connectivity index (χ0) is 12.1. The van der Waals surface area contributed by atoms with Crippen LogP contribution >= 0.6 is 0 Å². The van der Waals surface area contributed by atoms with Crippen molar-refractivity contribution in [2.75, 3.05) is 45.8 Å². The minimum Gasteiger partial charge on any atom is -0.340 e. The maximum Gasteiger partial charge on any atom is 0.227 e. The number of amides is 1. The summed E-state index contributed by atoms with van der Waals surface area (Å²) in [5, 5.41) is 3.31. The lowest BCUT2D eigenvalue weighted by atomic mass is 9.98. The summed E-state index contributed by atoms with van der Waals surface area (Å²) in [5.41, 5.74) is 0. The average Bonchev–Trinajstić information content (AvgIpc) is 2.40. The molecule has 0 bridgehead atoms. The second-order valence-electron chi connectivity index (χ2n) is 4.96. The van der Waals surface area contributed by atoms with Crippen LogP contribution in [0, 0.1) is 5.92 Å². The van der Waals surface area contributed by atoms with E-state index < -0.39 is 0 Å². The Kier molecular flexibility index (Phi) is 4.57. The van der Waals surface area contributed by atoms with Gasteiger partial charge < -0.3 is 10.2 Å². The summed E-state index contributed by atoms with van der Waals surface area (Å²) >= 11 is 0. The van der Waals surface area contributed by atoms with Gasteiger partial charge in [0.25, 0.3) is 0 Å². The molecule has 2 saturated heterocycles. The Bertz CT molecular complexity index is 266. The zero-order valence-electron chi connectivity index (χ0n) is 10.5. The van der Waals surface area contributed by atoms with Crippen molar-refractivity contribution in [1.82, 2.24) is 15.1 Å². The Morgan fingerprint density at radius 2 is 2.12 bits per heavy atom. The lowest BCUT2D eigenvalue weighted by Gasteiger charge is -2.36. The first-order valence-corrected chi connectivity index (χ1v) is 6.64. The predicted molar refractivity (Wildman–Crippen MR) is 68.8 cm³/mol. The number of piperazine rings is 1. The fourth-order valence-corrected chi connectivity index (χ4v) is 2.65. The van der Waals surface area contributed by atoms with Crippen LogP contribution in [-0.4, -0.2) is 61.5 Å². The number of piperidine rings is 1. The molecule has 1 amide bonds. The molecule has 0 aromatic rings. The van der Waals surface area contributed by atoms with Gasteiger partial charge >= 0.3 is 0 Å². The highest BCUT2D eigenvalue weighted by Crippen LogP contribution is 2.14. The third kappa shape index (κ3) is 3.30. The standard InChI is InChI=1S/C13H23N3O/c1-2-6-15-7-9-16(10-8-15)13(17)12-4-3-5-14-11-12/h2,12,14H,1,3-11H2/t12-/m0/s1. The van der Waals surface area contributed by atoms with Crippen LogP contribution in [0.25, 0.3) is 0 Å². The van der Waals surface area contributed by atoms with Crippen LogP contribution in [0.2, 0.25) is 0 Å². The molecule has 0 unspecified atom stereocenters. The third-order valence-electron chi connectivity index (χ3n) is 3.72. The Morgan fingerprint density at radius 1 is 1.35 bits per heavy atom. The number of hydrogen-bond acceptors (Lipinski definition) is 3. The summed E-state index contributed by atoms with van der Waals surface area (Å²) < 4.78 is 0. The minimum atomic E-state index is 0.217. The number of nitrogens with zero attached hydrogens (tertiary/aromatic N) is 2. The van der Waals surface area contributed by atoms with Gasteiger partial charge in [-0.25, -0.2) is 0 Å². The molecule has 2 rings (SSSR count). The Hall–Kier alpha value is -0.870. The van der Waals surface area contributed by atoms with E-state index in [0.717, 1.165) is 58.7 Å². The van der Waals surface area contributed by atoms with Crippen LogP contribution in [0.1, 0.15) is 12.8 Å². The molecule has 17 heavy (non-hydrogen) atoms. The molecule has 4 nitrogen and oxygen atoms in total.